The van der Waals surface area contributed by atoms with Crippen molar-refractivity contribution in [3.05, 3.63) is 65.7 Å². The van der Waals surface area contributed by atoms with Crippen molar-refractivity contribution >= 4 is 11.9 Å². The van der Waals surface area contributed by atoms with Crippen LogP contribution in [0.3, 0.4) is 0 Å². The molecule has 0 aliphatic carbocycles. The lowest BCUT2D eigenvalue weighted by Gasteiger charge is -2.16. The van der Waals surface area contributed by atoms with E-state index in [9.17, 15) is 18.4 Å². The van der Waals surface area contributed by atoms with E-state index in [2.05, 4.69) is 10.6 Å². The van der Waals surface area contributed by atoms with Crippen LogP contribution in [0.15, 0.2) is 48.5 Å². The first kappa shape index (κ1) is 18.2. The second-order valence-electron chi connectivity index (χ2n) is 5.07. The SMILES string of the molecule is NC(=O)[C@@H](NC(=O)NCCOc1ccc(F)c(F)c1)c1ccccc1. The first-order chi connectivity index (χ1) is 12.0. The maximum atomic E-state index is 13.0. The zero-order valence-electron chi connectivity index (χ0n) is 13.2. The lowest BCUT2D eigenvalue weighted by molar-refractivity contribution is -0.119. The zero-order valence-corrected chi connectivity index (χ0v) is 13.2. The highest BCUT2D eigenvalue weighted by molar-refractivity contribution is 5.86. The molecule has 0 aliphatic rings. The number of benzene rings is 2. The highest BCUT2D eigenvalue weighted by atomic mass is 19.2. The third kappa shape index (κ3) is 5.45. The molecule has 0 aromatic heterocycles. The van der Waals surface area contributed by atoms with Gasteiger partial charge < -0.3 is 21.1 Å². The van der Waals surface area contributed by atoms with Gasteiger partial charge >= 0.3 is 6.03 Å². The average Bonchev–Trinajstić information content (AvgIpc) is 2.60. The van der Waals surface area contributed by atoms with Crippen LogP contribution in [0.25, 0.3) is 0 Å². The molecule has 0 saturated heterocycles. The fourth-order valence-corrected chi connectivity index (χ4v) is 2.05. The summed E-state index contributed by atoms with van der Waals surface area (Å²) >= 11 is 0. The molecule has 6 nitrogen and oxygen atoms in total. The molecule has 0 heterocycles. The van der Waals surface area contributed by atoms with Crippen LogP contribution in [0.5, 0.6) is 5.75 Å². The smallest absolute Gasteiger partial charge is 0.315 e. The van der Waals surface area contributed by atoms with E-state index in [1.54, 1.807) is 30.3 Å². The molecule has 2 aromatic rings. The number of nitrogens with two attached hydrogens (primary N) is 1. The predicted octanol–water partition coefficient (Wildman–Crippen LogP) is 1.87. The van der Waals surface area contributed by atoms with Crippen molar-refractivity contribution in [1.29, 1.82) is 0 Å². The summed E-state index contributed by atoms with van der Waals surface area (Å²) in [7, 11) is 0. The predicted molar refractivity (Wildman–Crippen MR) is 86.8 cm³/mol. The van der Waals surface area contributed by atoms with Gasteiger partial charge in [-0.25, -0.2) is 13.6 Å². The first-order valence-electron chi connectivity index (χ1n) is 7.44. The first-order valence-corrected chi connectivity index (χ1v) is 7.44. The van der Waals surface area contributed by atoms with E-state index in [1.807, 2.05) is 0 Å². The van der Waals surface area contributed by atoms with Gasteiger partial charge in [-0.1, -0.05) is 30.3 Å². The molecule has 8 heteroatoms. The Morgan fingerprint density at radius 1 is 1.08 bits per heavy atom. The second kappa shape index (κ2) is 8.62. The Labute approximate surface area is 143 Å². The zero-order chi connectivity index (χ0) is 18.2. The lowest BCUT2D eigenvalue weighted by atomic mass is 10.1. The Morgan fingerprint density at radius 3 is 2.44 bits per heavy atom. The molecule has 4 N–H and O–H groups in total. The lowest BCUT2D eigenvalue weighted by Crippen LogP contribution is -2.44. The third-order valence-electron chi connectivity index (χ3n) is 3.24. The van der Waals surface area contributed by atoms with Crippen LogP contribution < -0.4 is 21.1 Å². The molecule has 0 spiro atoms. The molecule has 0 radical (unpaired) electrons. The molecule has 132 valence electrons. The molecule has 0 bridgehead atoms. The number of rotatable bonds is 7. The molecule has 0 unspecified atom stereocenters. The maximum Gasteiger partial charge on any atom is 0.315 e. The number of hydrogen-bond acceptors (Lipinski definition) is 3. The van der Waals surface area contributed by atoms with E-state index in [4.69, 9.17) is 10.5 Å². The summed E-state index contributed by atoms with van der Waals surface area (Å²) in [6.45, 7) is 0.121. The second-order valence-corrected chi connectivity index (χ2v) is 5.07. The molecule has 25 heavy (non-hydrogen) atoms. The number of carbonyl (C=O) groups excluding carboxylic acids is 2. The summed E-state index contributed by atoms with van der Waals surface area (Å²) in [5, 5.41) is 4.94. The summed E-state index contributed by atoms with van der Waals surface area (Å²) in [6.07, 6.45) is 0. The van der Waals surface area contributed by atoms with Crippen molar-refractivity contribution in [2.24, 2.45) is 5.73 Å². The van der Waals surface area contributed by atoms with Gasteiger partial charge in [-0.15, -0.1) is 0 Å². The molecule has 2 aromatic carbocycles. The number of primary amides is 1. The van der Waals surface area contributed by atoms with Gasteiger partial charge in [-0.2, -0.15) is 0 Å². The van der Waals surface area contributed by atoms with Gasteiger partial charge in [0, 0.05) is 6.07 Å². The molecule has 2 rings (SSSR count). The van der Waals surface area contributed by atoms with Crippen molar-refractivity contribution in [2.45, 2.75) is 6.04 Å². The number of urea groups is 1. The minimum Gasteiger partial charge on any atom is -0.492 e. The van der Waals surface area contributed by atoms with Crippen molar-refractivity contribution in [3.8, 4) is 5.75 Å². The number of amides is 3. The van der Waals surface area contributed by atoms with Gasteiger partial charge in [-0.3, -0.25) is 4.79 Å². The third-order valence-corrected chi connectivity index (χ3v) is 3.24. The Balaban J connectivity index is 1.79. The Bertz CT molecular complexity index is 741. The van der Waals surface area contributed by atoms with Crippen LogP contribution >= 0.6 is 0 Å². The van der Waals surface area contributed by atoms with E-state index in [0.29, 0.717) is 5.56 Å². The van der Waals surface area contributed by atoms with Gasteiger partial charge in [-0.05, 0) is 17.7 Å². The number of nitrogens with one attached hydrogen (secondary N) is 2. The van der Waals surface area contributed by atoms with Crippen LogP contribution in [-0.2, 0) is 4.79 Å². The van der Waals surface area contributed by atoms with Gasteiger partial charge in [0.2, 0.25) is 5.91 Å². The van der Waals surface area contributed by atoms with Crippen molar-refractivity contribution in [2.75, 3.05) is 13.2 Å². The fourth-order valence-electron chi connectivity index (χ4n) is 2.05. The number of halogens is 2. The molecular formula is C17H17F2N3O3. The molecular weight excluding hydrogens is 332 g/mol. The normalized spacial score (nSPS) is 11.4. The van der Waals surface area contributed by atoms with Crippen LogP contribution in [0.2, 0.25) is 0 Å². The van der Waals surface area contributed by atoms with Crippen LogP contribution in [-0.4, -0.2) is 25.1 Å². The van der Waals surface area contributed by atoms with Gasteiger partial charge in [0.1, 0.15) is 18.4 Å². The van der Waals surface area contributed by atoms with E-state index >= 15 is 0 Å². The molecule has 0 aliphatic heterocycles. The molecule has 0 fully saturated rings. The standard InChI is InChI=1S/C17H17F2N3O3/c18-13-7-6-12(10-14(13)19)25-9-8-21-17(24)22-15(16(20)23)11-4-2-1-3-5-11/h1-7,10,15H,8-9H2,(H2,20,23)(H2,21,22,24)/t15-/m0/s1. The largest absolute Gasteiger partial charge is 0.492 e. The van der Waals surface area contributed by atoms with E-state index in [1.165, 1.54) is 6.07 Å². The monoisotopic (exact) mass is 349 g/mol. The van der Waals surface area contributed by atoms with Gasteiger partial charge in [0.15, 0.2) is 11.6 Å². The molecule has 0 saturated carbocycles. The number of ether oxygens (including phenoxy) is 1. The highest BCUT2D eigenvalue weighted by Gasteiger charge is 2.19. The van der Waals surface area contributed by atoms with E-state index in [0.717, 1.165) is 12.1 Å². The minimum absolute atomic E-state index is 0.0328. The van der Waals surface area contributed by atoms with Crippen LogP contribution in [0.1, 0.15) is 11.6 Å². The average molecular weight is 349 g/mol. The number of carbonyl (C=O) groups is 2. The Kier molecular flexibility index (Phi) is 6.27. The van der Waals surface area contributed by atoms with Gasteiger partial charge in [0.05, 0.1) is 6.54 Å². The fraction of sp³-hybridized carbons (Fsp3) is 0.176. The van der Waals surface area contributed by atoms with Crippen molar-refractivity contribution in [1.82, 2.24) is 10.6 Å². The van der Waals surface area contributed by atoms with Crippen LogP contribution in [0.4, 0.5) is 13.6 Å². The minimum atomic E-state index is -1.02. The quantitative estimate of drug-likeness (QED) is 0.666. The highest BCUT2D eigenvalue weighted by Crippen LogP contribution is 2.15. The summed E-state index contributed by atoms with van der Waals surface area (Å²) < 4.78 is 31.0. The summed E-state index contributed by atoms with van der Waals surface area (Å²) in [5.74, 6) is -2.54. The van der Waals surface area contributed by atoms with E-state index in [-0.39, 0.29) is 18.9 Å². The Morgan fingerprint density at radius 2 is 1.80 bits per heavy atom. The number of hydrogen-bond donors (Lipinski definition) is 3. The van der Waals surface area contributed by atoms with Gasteiger partial charge in [0.25, 0.3) is 0 Å². The summed E-state index contributed by atoms with van der Waals surface area (Å²) in [5.41, 5.74) is 5.86. The summed E-state index contributed by atoms with van der Waals surface area (Å²) in [6, 6.07) is 10.1. The van der Waals surface area contributed by atoms with Crippen molar-refractivity contribution in [3.63, 3.8) is 0 Å². The Hall–Kier alpha value is -3.16. The van der Waals surface area contributed by atoms with Crippen molar-refractivity contribution < 1.29 is 23.1 Å². The molecule has 3 amide bonds. The maximum absolute atomic E-state index is 13.0. The van der Waals surface area contributed by atoms with Crippen LogP contribution in [0, 0.1) is 11.6 Å². The van der Waals surface area contributed by atoms with E-state index < -0.39 is 29.6 Å². The molecule has 1 atom stereocenters. The summed E-state index contributed by atoms with van der Waals surface area (Å²) in [4.78, 5) is 23.3. The topological polar surface area (TPSA) is 93.5 Å².